The molecule has 0 unspecified atom stereocenters. The number of pyridine rings is 1. The van der Waals surface area contributed by atoms with Crippen LogP contribution in [0.25, 0.3) is 32.1 Å². The van der Waals surface area contributed by atoms with Gasteiger partial charge >= 0.3 is 0 Å². The summed E-state index contributed by atoms with van der Waals surface area (Å²) in [5.74, 6) is 0. The van der Waals surface area contributed by atoms with Gasteiger partial charge in [-0.2, -0.15) is 0 Å². The number of hydrogen-bond acceptors (Lipinski definition) is 6. The van der Waals surface area contributed by atoms with Gasteiger partial charge in [-0.05, 0) is 47.5 Å². The van der Waals surface area contributed by atoms with E-state index in [2.05, 4.69) is 96.8 Å². The van der Waals surface area contributed by atoms with Gasteiger partial charge in [0.2, 0.25) is 16.2 Å². The zero-order valence-corrected chi connectivity index (χ0v) is 19.0. The summed E-state index contributed by atoms with van der Waals surface area (Å²) < 4.78 is 34.0. The van der Waals surface area contributed by atoms with E-state index in [0.29, 0.717) is 0 Å². The van der Waals surface area contributed by atoms with E-state index in [0.717, 1.165) is 5.69 Å². The fourth-order valence-electron chi connectivity index (χ4n) is 3.00. The maximum Gasteiger partial charge on any atom is 0.257 e. The third-order valence-electron chi connectivity index (χ3n) is 4.49. The Morgan fingerprint density at radius 1 is 0.688 bits per heavy atom. The Morgan fingerprint density at radius 3 is 1.84 bits per heavy atom. The van der Waals surface area contributed by atoms with Gasteiger partial charge in [0.25, 0.3) is 4.88 Å². The average molecular weight is 469 g/mol. The molecule has 2 heterocycles. The minimum absolute atomic E-state index is 1.01. The Hall–Kier alpha value is -2.91. The van der Waals surface area contributed by atoms with Crippen LogP contribution in [-0.2, 0) is 0 Å². The zero-order valence-electron chi connectivity index (χ0n) is 17.5. The molecule has 0 saturated carbocycles. The lowest BCUT2D eigenvalue weighted by Crippen LogP contribution is -2.68. The van der Waals surface area contributed by atoms with E-state index in [4.69, 9.17) is 18.6 Å². The Balaban J connectivity index is 0.000000523. The first-order chi connectivity index (χ1) is 15.2. The number of halogens is 1. The quantitative estimate of drug-likeness (QED) is 0.422. The number of aromatic nitrogens is 1. The molecule has 0 radical (unpaired) electrons. The first kappa shape index (κ1) is 23.7. The van der Waals surface area contributed by atoms with Crippen LogP contribution in [-0.4, -0.2) is 19.1 Å². The SMILES string of the molecule is CN(C)c1ccc(-c2cc(-c3ccccc3)[s+]c(-c3ccccn3)c2)cc1.[O-][Cl+3]([O-])([O-])[O-]. The molecule has 4 rings (SSSR count). The minimum Gasteiger partial charge on any atom is -0.378 e. The van der Waals surface area contributed by atoms with Gasteiger partial charge in [0.15, 0.2) is 0 Å². The second kappa shape index (κ2) is 10.6. The molecule has 164 valence electrons. The monoisotopic (exact) mass is 468 g/mol. The molecule has 0 spiro atoms. The third-order valence-corrected chi connectivity index (χ3v) is 5.61. The Bertz CT molecular complexity index is 1070. The van der Waals surface area contributed by atoms with Gasteiger partial charge < -0.3 is 4.90 Å². The van der Waals surface area contributed by atoms with E-state index in [1.807, 2.05) is 18.3 Å². The molecule has 0 bridgehead atoms. The maximum absolute atomic E-state index is 8.49. The van der Waals surface area contributed by atoms with Crippen molar-refractivity contribution in [2.24, 2.45) is 0 Å². The average Bonchev–Trinajstić information content (AvgIpc) is 2.79. The Labute approximate surface area is 193 Å². The van der Waals surface area contributed by atoms with Crippen LogP contribution in [0.15, 0.2) is 91.1 Å². The predicted octanol–water partition coefficient (Wildman–Crippen LogP) is 1.74. The molecule has 2 aromatic heterocycles. The first-order valence-electron chi connectivity index (χ1n) is 9.55. The zero-order chi connectivity index (χ0) is 23.1. The van der Waals surface area contributed by atoms with Crippen molar-refractivity contribution < 1.29 is 28.9 Å². The minimum atomic E-state index is -4.94. The number of benzene rings is 2. The van der Waals surface area contributed by atoms with Crippen LogP contribution >= 0.6 is 11.3 Å². The third kappa shape index (κ3) is 7.06. The summed E-state index contributed by atoms with van der Waals surface area (Å²) in [4.78, 5) is 9.09. The van der Waals surface area contributed by atoms with Crippen LogP contribution in [0.4, 0.5) is 5.69 Å². The van der Waals surface area contributed by atoms with Crippen LogP contribution in [0.2, 0.25) is 0 Å². The van der Waals surface area contributed by atoms with Gasteiger partial charge in [0, 0.05) is 43.7 Å². The van der Waals surface area contributed by atoms with Crippen LogP contribution in [0.5, 0.6) is 0 Å². The molecule has 6 nitrogen and oxygen atoms in total. The summed E-state index contributed by atoms with van der Waals surface area (Å²) in [6.45, 7) is 0. The molecule has 0 amide bonds. The smallest absolute Gasteiger partial charge is 0.257 e. The van der Waals surface area contributed by atoms with Crippen molar-refractivity contribution in [3.8, 4) is 32.1 Å². The fraction of sp³-hybridized carbons (Fsp3) is 0.0833. The van der Waals surface area contributed by atoms with Crippen molar-refractivity contribution in [3.05, 3.63) is 91.1 Å². The Kier molecular flexibility index (Phi) is 7.87. The normalized spacial score (nSPS) is 10.8. The molecule has 0 aliphatic rings. The number of hydrogen-bond donors (Lipinski definition) is 0. The first-order valence-corrected chi connectivity index (χ1v) is 11.6. The van der Waals surface area contributed by atoms with Gasteiger partial charge in [-0.3, -0.25) is 4.98 Å². The lowest BCUT2D eigenvalue weighted by atomic mass is 10.0. The molecular formula is C24H21ClN2O4S. The van der Waals surface area contributed by atoms with Gasteiger partial charge in [-0.25, -0.2) is 18.6 Å². The fourth-order valence-corrected chi connectivity index (χ4v) is 4.09. The molecule has 4 aromatic rings. The number of anilines is 1. The van der Waals surface area contributed by atoms with E-state index in [9.17, 15) is 0 Å². The van der Waals surface area contributed by atoms with Crippen molar-refractivity contribution in [1.82, 2.24) is 4.98 Å². The summed E-state index contributed by atoms with van der Waals surface area (Å²) in [6, 6.07) is 29.8. The highest BCUT2D eigenvalue weighted by molar-refractivity contribution is 7.18. The van der Waals surface area contributed by atoms with Crippen LogP contribution in [0.1, 0.15) is 0 Å². The molecule has 0 atom stereocenters. The molecule has 0 N–H and O–H groups in total. The van der Waals surface area contributed by atoms with Crippen molar-refractivity contribution in [2.45, 2.75) is 0 Å². The van der Waals surface area contributed by atoms with E-state index < -0.39 is 10.2 Å². The molecule has 8 heteroatoms. The largest absolute Gasteiger partial charge is 0.378 e. The lowest BCUT2D eigenvalue weighted by Gasteiger charge is -2.17. The molecule has 2 aromatic carbocycles. The lowest BCUT2D eigenvalue weighted by molar-refractivity contribution is -2.00. The number of nitrogens with zero attached hydrogens (tertiary/aromatic N) is 2. The summed E-state index contributed by atoms with van der Waals surface area (Å²) in [5.41, 5.74) is 5.85. The van der Waals surface area contributed by atoms with Crippen LogP contribution in [0.3, 0.4) is 0 Å². The van der Waals surface area contributed by atoms with Gasteiger partial charge in [-0.15, -0.1) is 10.2 Å². The van der Waals surface area contributed by atoms with E-state index in [1.54, 1.807) is 11.3 Å². The Morgan fingerprint density at radius 2 is 1.28 bits per heavy atom. The topological polar surface area (TPSA) is 108 Å². The van der Waals surface area contributed by atoms with Gasteiger partial charge in [0.05, 0.1) is 0 Å². The molecule has 32 heavy (non-hydrogen) atoms. The molecular weight excluding hydrogens is 448 g/mol. The molecule has 0 fully saturated rings. The standard InChI is InChI=1S/C24H21N2S.ClHO4/c1-26(2)21-13-11-18(12-14-21)20-16-23(19-8-4-3-5-9-19)27-24(17-20)22-10-6-7-15-25-22;2-1(3,4)5/h3-17H,1-2H3;(H,2,3,4,5)/q+1;/p-1. The van der Waals surface area contributed by atoms with E-state index in [1.165, 1.54) is 32.1 Å². The van der Waals surface area contributed by atoms with Crippen molar-refractivity contribution in [1.29, 1.82) is 0 Å². The van der Waals surface area contributed by atoms with Crippen molar-refractivity contribution in [2.75, 3.05) is 19.0 Å². The highest BCUT2D eigenvalue weighted by Crippen LogP contribution is 2.36. The van der Waals surface area contributed by atoms with Crippen LogP contribution < -0.4 is 23.5 Å². The summed E-state index contributed by atoms with van der Waals surface area (Å²) in [5, 5.41) is 0. The van der Waals surface area contributed by atoms with Gasteiger partial charge in [0.1, 0.15) is 5.69 Å². The highest BCUT2D eigenvalue weighted by Gasteiger charge is 2.19. The summed E-state index contributed by atoms with van der Waals surface area (Å²) >= 11 is 1.77. The van der Waals surface area contributed by atoms with Crippen molar-refractivity contribution in [3.63, 3.8) is 0 Å². The molecule has 0 aliphatic heterocycles. The van der Waals surface area contributed by atoms with Gasteiger partial charge in [-0.1, -0.05) is 36.4 Å². The summed E-state index contributed by atoms with van der Waals surface area (Å²) in [7, 11) is -0.822. The van der Waals surface area contributed by atoms with E-state index >= 15 is 0 Å². The molecule has 0 aliphatic carbocycles. The number of rotatable bonds is 4. The van der Waals surface area contributed by atoms with E-state index in [-0.39, 0.29) is 0 Å². The van der Waals surface area contributed by atoms with Crippen LogP contribution in [0, 0.1) is 10.2 Å². The maximum atomic E-state index is 8.49. The van der Waals surface area contributed by atoms with Crippen molar-refractivity contribution >= 4 is 17.0 Å². The summed E-state index contributed by atoms with van der Waals surface area (Å²) in [6.07, 6.45) is 1.85. The molecule has 0 saturated heterocycles. The second-order valence-electron chi connectivity index (χ2n) is 6.97. The second-order valence-corrected chi connectivity index (χ2v) is 8.81. The highest BCUT2D eigenvalue weighted by atomic mass is 35.7. The predicted molar refractivity (Wildman–Crippen MR) is 117 cm³/mol.